The SMILES string of the molecule is O=C(CCCn1nc(-c2ccc(Cl)cc2)ccc1=O)Nc1ccc(Cl)cc1. The number of nitrogens with zero attached hydrogens (tertiary/aromatic N) is 2. The van der Waals surface area contributed by atoms with E-state index in [0.717, 1.165) is 5.56 Å². The molecule has 0 spiro atoms. The van der Waals surface area contributed by atoms with Crippen molar-refractivity contribution in [3.8, 4) is 11.3 Å². The van der Waals surface area contributed by atoms with Crippen molar-refractivity contribution in [1.82, 2.24) is 9.78 Å². The number of amides is 1. The van der Waals surface area contributed by atoms with E-state index in [-0.39, 0.29) is 17.9 Å². The van der Waals surface area contributed by atoms with Crippen LogP contribution in [0.3, 0.4) is 0 Å². The van der Waals surface area contributed by atoms with Gasteiger partial charge in [-0.25, -0.2) is 4.68 Å². The quantitative estimate of drug-likeness (QED) is 0.654. The average molecular weight is 402 g/mol. The highest BCUT2D eigenvalue weighted by Crippen LogP contribution is 2.18. The highest BCUT2D eigenvalue weighted by molar-refractivity contribution is 6.30. The van der Waals surface area contributed by atoms with Crippen LogP contribution in [0.5, 0.6) is 0 Å². The Balaban J connectivity index is 1.59. The topological polar surface area (TPSA) is 64.0 Å². The minimum Gasteiger partial charge on any atom is -0.326 e. The second-order valence-electron chi connectivity index (χ2n) is 5.95. The lowest BCUT2D eigenvalue weighted by Gasteiger charge is -2.08. The molecular weight excluding hydrogens is 385 g/mol. The minimum atomic E-state index is -0.203. The fourth-order valence-corrected chi connectivity index (χ4v) is 2.78. The zero-order valence-electron chi connectivity index (χ0n) is 14.4. The van der Waals surface area contributed by atoms with Crippen molar-refractivity contribution >= 4 is 34.8 Å². The van der Waals surface area contributed by atoms with Crippen molar-refractivity contribution in [3.05, 3.63) is 81.1 Å². The number of carbonyl (C=O) groups excluding carboxylic acids is 1. The Kier molecular flexibility index (Phi) is 6.27. The molecule has 0 bridgehead atoms. The molecule has 0 saturated carbocycles. The third kappa shape index (κ3) is 5.42. The minimum absolute atomic E-state index is 0.126. The molecule has 0 saturated heterocycles. The summed E-state index contributed by atoms with van der Waals surface area (Å²) in [5.41, 5.74) is 2.03. The molecular formula is C20H17Cl2N3O2. The Labute approximate surface area is 166 Å². The summed E-state index contributed by atoms with van der Waals surface area (Å²) in [5.74, 6) is -0.126. The molecule has 5 nitrogen and oxygen atoms in total. The van der Waals surface area contributed by atoms with Gasteiger partial charge < -0.3 is 5.32 Å². The molecule has 1 aromatic heterocycles. The molecule has 0 fully saturated rings. The van der Waals surface area contributed by atoms with Crippen LogP contribution in [0, 0.1) is 0 Å². The average Bonchev–Trinajstić information content (AvgIpc) is 2.66. The molecule has 3 aromatic rings. The zero-order chi connectivity index (χ0) is 19.2. The number of halogens is 2. The first kappa shape index (κ1) is 19.1. The number of rotatable bonds is 6. The van der Waals surface area contributed by atoms with Gasteiger partial charge in [0.25, 0.3) is 5.56 Å². The fourth-order valence-electron chi connectivity index (χ4n) is 2.53. The van der Waals surface area contributed by atoms with E-state index in [9.17, 15) is 9.59 Å². The van der Waals surface area contributed by atoms with E-state index < -0.39 is 0 Å². The number of hydrogen-bond acceptors (Lipinski definition) is 3. The smallest absolute Gasteiger partial charge is 0.266 e. The van der Waals surface area contributed by atoms with Crippen molar-refractivity contribution in [3.63, 3.8) is 0 Å². The normalized spacial score (nSPS) is 10.6. The Morgan fingerprint density at radius 1 is 0.926 bits per heavy atom. The van der Waals surface area contributed by atoms with Crippen molar-refractivity contribution in [2.24, 2.45) is 0 Å². The first-order valence-electron chi connectivity index (χ1n) is 8.41. The van der Waals surface area contributed by atoms with E-state index in [1.54, 1.807) is 42.5 Å². The maximum absolute atomic E-state index is 12.0. The monoisotopic (exact) mass is 401 g/mol. The summed E-state index contributed by atoms with van der Waals surface area (Å²) in [5, 5.41) is 8.42. The molecule has 7 heteroatoms. The maximum Gasteiger partial charge on any atom is 0.266 e. The summed E-state index contributed by atoms with van der Waals surface area (Å²) in [7, 11) is 0. The van der Waals surface area contributed by atoms with Gasteiger partial charge in [0.15, 0.2) is 0 Å². The Bertz CT molecular complexity index is 983. The highest BCUT2D eigenvalue weighted by Gasteiger charge is 2.06. The predicted molar refractivity (Wildman–Crippen MR) is 108 cm³/mol. The molecule has 1 amide bonds. The van der Waals surface area contributed by atoms with E-state index in [0.29, 0.717) is 34.4 Å². The van der Waals surface area contributed by atoms with E-state index in [1.165, 1.54) is 10.7 Å². The molecule has 0 aliphatic rings. The van der Waals surface area contributed by atoms with Crippen molar-refractivity contribution in [2.75, 3.05) is 5.32 Å². The van der Waals surface area contributed by atoms with Gasteiger partial charge in [-0.15, -0.1) is 0 Å². The molecule has 0 aliphatic carbocycles. The zero-order valence-corrected chi connectivity index (χ0v) is 15.9. The molecule has 0 aliphatic heterocycles. The van der Waals surface area contributed by atoms with Crippen LogP contribution in [0.2, 0.25) is 10.0 Å². The Hall–Kier alpha value is -2.63. The molecule has 138 valence electrons. The molecule has 1 N–H and O–H groups in total. The van der Waals surface area contributed by atoms with Crippen LogP contribution < -0.4 is 10.9 Å². The Morgan fingerprint density at radius 2 is 1.56 bits per heavy atom. The van der Waals surface area contributed by atoms with Gasteiger partial charge in [0.2, 0.25) is 5.91 Å². The summed E-state index contributed by atoms with van der Waals surface area (Å²) in [6.07, 6.45) is 0.776. The third-order valence-electron chi connectivity index (χ3n) is 3.91. The first-order valence-corrected chi connectivity index (χ1v) is 9.16. The number of anilines is 1. The van der Waals surface area contributed by atoms with Gasteiger partial charge in [-0.3, -0.25) is 9.59 Å². The van der Waals surface area contributed by atoms with Crippen molar-refractivity contribution in [2.45, 2.75) is 19.4 Å². The van der Waals surface area contributed by atoms with Gasteiger partial charge in [-0.05, 0) is 48.9 Å². The Morgan fingerprint density at radius 3 is 2.22 bits per heavy atom. The summed E-state index contributed by atoms with van der Waals surface area (Å²) < 4.78 is 1.37. The number of aryl methyl sites for hydroxylation is 1. The first-order chi connectivity index (χ1) is 13.0. The largest absolute Gasteiger partial charge is 0.326 e. The summed E-state index contributed by atoms with van der Waals surface area (Å²) in [6, 6.07) is 17.3. The number of nitrogens with one attached hydrogen (secondary N) is 1. The van der Waals surface area contributed by atoms with E-state index in [2.05, 4.69) is 10.4 Å². The molecule has 3 rings (SSSR count). The summed E-state index contributed by atoms with van der Waals surface area (Å²) in [6.45, 7) is 0.355. The van der Waals surface area contributed by atoms with Crippen LogP contribution >= 0.6 is 23.2 Å². The maximum atomic E-state index is 12.0. The highest BCUT2D eigenvalue weighted by atomic mass is 35.5. The van der Waals surface area contributed by atoms with Gasteiger partial charge in [0, 0.05) is 40.3 Å². The molecule has 1 heterocycles. The predicted octanol–water partition coefficient (Wildman–Crippen LogP) is 4.64. The third-order valence-corrected chi connectivity index (χ3v) is 4.41. The fraction of sp³-hybridized carbons (Fsp3) is 0.150. The van der Waals surface area contributed by atoms with Crippen LogP contribution in [-0.4, -0.2) is 15.7 Å². The van der Waals surface area contributed by atoms with Crippen LogP contribution in [0.1, 0.15) is 12.8 Å². The summed E-state index contributed by atoms with van der Waals surface area (Å²) in [4.78, 5) is 24.1. The lowest BCUT2D eigenvalue weighted by molar-refractivity contribution is -0.116. The molecule has 27 heavy (non-hydrogen) atoms. The van der Waals surface area contributed by atoms with Gasteiger partial charge in [0.05, 0.1) is 5.69 Å². The molecule has 0 atom stereocenters. The van der Waals surface area contributed by atoms with Gasteiger partial charge in [-0.1, -0.05) is 35.3 Å². The number of aromatic nitrogens is 2. The number of benzene rings is 2. The van der Waals surface area contributed by atoms with Crippen LogP contribution in [0.15, 0.2) is 65.5 Å². The van der Waals surface area contributed by atoms with Crippen molar-refractivity contribution in [1.29, 1.82) is 0 Å². The van der Waals surface area contributed by atoms with Crippen LogP contribution in [0.4, 0.5) is 5.69 Å². The lowest BCUT2D eigenvalue weighted by Crippen LogP contribution is -2.23. The second kappa shape index (κ2) is 8.84. The second-order valence-corrected chi connectivity index (χ2v) is 6.82. The lowest BCUT2D eigenvalue weighted by atomic mass is 10.1. The number of carbonyl (C=O) groups is 1. The summed E-state index contributed by atoms with van der Waals surface area (Å²) >= 11 is 11.7. The van der Waals surface area contributed by atoms with Crippen LogP contribution in [-0.2, 0) is 11.3 Å². The van der Waals surface area contributed by atoms with Gasteiger partial charge in [0.1, 0.15) is 0 Å². The molecule has 2 aromatic carbocycles. The van der Waals surface area contributed by atoms with Gasteiger partial charge in [-0.2, -0.15) is 5.10 Å². The van der Waals surface area contributed by atoms with E-state index in [4.69, 9.17) is 23.2 Å². The van der Waals surface area contributed by atoms with E-state index in [1.807, 2.05) is 12.1 Å². The standard InChI is InChI=1S/C20H17Cl2N3O2/c21-15-5-3-14(4-6-15)18-11-12-20(27)25(24-18)13-1-2-19(26)23-17-9-7-16(22)8-10-17/h3-12H,1-2,13H2,(H,23,26). The van der Waals surface area contributed by atoms with Crippen LogP contribution in [0.25, 0.3) is 11.3 Å². The van der Waals surface area contributed by atoms with Gasteiger partial charge >= 0.3 is 0 Å². The van der Waals surface area contributed by atoms with E-state index >= 15 is 0 Å². The molecule has 0 radical (unpaired) electrons. The molecule has 0 unspecified atom stereocenters. The van der Waals surface area contributed by atoms with Crippen molar-refractivity contribution < 1.29 is 4.79 Å². The number of hydrogen-bond donors (Lipinski definition) is 1.